The van der Waals surface area contributed by atoms with Crippen molar-refractivity contribution in [2.75, 3.05) is 6.54 Å². The number of aryl methyl sites for hydroxylation is 1. The van der Waals surface area contributed by atoms with Crippen LogP contribution in [-0.4, -0.2) is 45.8 Å². The maximum atomic E-state index is 11.8. The summed E-state index contributed by atoms with van der Waals surface area (Å²) in [6, 6.07) is 16.5. The summed E-state index contributed by atoms with van der Waals surface area (Å²) in [5.74, 6) is 0.107. The summed E-state index contributed by atoms with van der Waals surface area (Å²) < 4.78 is 0. The van der Waals surface area contributed by atoms with E-state index < -0.39 is 12.0 Å². The van der Waals surface area contributed by atoms with Gasteiger partial charge >= 0.3 is 5.97 Å². The number of fused-ring (bicyclic) bond motifs is 2. The van der Waals surface area contributed by atoms with Crippen LogP contribution in [-0.2, 0) is 11.2 Å². The minimum atomic E-state index is -1.05. The van der Waals surface area contributed by atoms with Crippen molar-refractivity contribution < 1.29 is 15.0 Å². The second-order valence-electron chi connectivity index (χ2n) is 11.3. The number of benzene rings is 2. The lowest BCUT2D eigenvalue weighted by molar-refractivity contribution is -0.131. The fourth-order valence-electron chi connectivity index (χ4n) is 6.22. The van der Waals surface area contributed by atoms with Crippen molar-refractivity contribution in [1.82, 2.24) is 4.98 Å². The molecule has 3 aromatic rings. The smallest absolute Gasteiger partial charge is 0.328 e. The van der Waals surface area contributed by atoms with Crippen LogP contribution in [0.2, 0.25) is 0 Å². The second-order valence-corrected chi connectivity index (χ2v) is 11.3. The molecule has 0 radical (unpaired) electrons. The van der Waals surface area contributed by atoms with E-state index in [9.17, 15) is 15.0 Å². The Kier molecular flexibility index (Phi) is 10.8. The fourth-order valence-corrected chi connectivity index (χ4v) is 6.22. The molecular weight excluding hydrogens is 514 g/mol. The number of nitrogens with two attached hydrogens (primary N) is 2. The minimum Gasteiger partial charge on any atom is -0.478 e. The first kappa shape index (κ1) is 30.2. The molecule has 0 fully saturated rings. The van der Waals surface area contributed by atoms with Gasteiger partial charge in [-0.15, -0.1) is 0 Å². The highest BCUT2D eigenvalue weighted by atomic mass is 16.4. The number of nitrogens with zero attached hydrogens (tertiary/aromatic N) is 2. The van der Waals surface area contributed by atoms with Crippen molar-refractivity contribution in [3.63, 3.8) is 0 Å². The summed E-state index contributed by atoms with van der Waals surface area (Å²) in [5.41, 5.74) is 14.6. The maximum Gasteiger partial charge on any atom is 0.328 e. The molecule has 0 saturated carbocycles. The van der Waals surface area contributed by atoms with Crippen LogP contribution in [0.15, 0.2) is 71.4 Å². The van der Waals surface area contributed by atoms with Gasteiger partial charge in [0.15, 0.2) is 5.96 Å². The quantitative estimate of drug-likeness (QED) is 0.0844. The number of aliphatic hydroxyl groups is 1. The zero-order valence-electron chi connectivity index (χ0n) is 24.0. The van der Waals surface area contributed by atoms with E-state index in [-0.39, 0.29) is 30.4 Å². The number of H-pyrrole nitrogens is 1. The van der Waals surface area contributed by atoms with Crippen LogP contribution < -0.4 is 11.5 Å². The average Bonchev–Trinajstić information content (AvgIpc) is 3.46. The number of guanidine groups is 1. The third-order valence-electron chi connectivity index (χ3n) is 8.29. The van der Waals surface area contributed by atoms with Gasteiger partial charge in [-0.25, -0.2) is 9.79 Å². The Hall–Kier alpha value is -3.78. The summed E-state index contributed by atoms with van der Waals surface area (Å²) in [6.45, 7) is 2.22. The molecule has 0 amide bonds. The van der Waals surface area contributed by atoms with Gasteiger partial charge in [0.05, 0.1) is 12.6 Å². The zero-order valence-corrected chi connectivity index (χ0v) is 24.0. The van der Waals surface area contributed by atoms with E-state index in [1.54, 1.807) is 6.20 Å². The number of unbranched alkanes of at least 4 members (excludes halogenated alkanes) is 1. The molecule has 0 spiro atoms. The first-order valence-corrected chi connectivity index (χ1v) is 14.9. The molecule has 0 bridgehead atoms. The van der Waals surface area contributed by atoms with E-state index in [0.717, 1.165) is 51.4 Å². The van der Waals surface area contributed by atoms with E-state index >= 15 is 0 Å². The van der Waals surface area contributed by atoms with Crippen LogP contribution in [0.25, 0.3) is 16.1 Å². The van der Waals surface area contributed by atoms with Gasteiger partial charge in [-0.2, -0.15) is 0 Å². The first-order valence-electron chi connectivity index (χ1n) is 14.9. The monoisotopic (exact) mass is 558 g/mol. The SMILES string of the molecule is CCCCC(O)CCCC1c2cc3ccccc3cc2CCC1CC([N-]c1ccc[nH]1)C(=CC(=O)O)CN=C(N)N. The molecule has 2 aromatic carbocycles. The number of hydrogen-bond acceptors (Lipinski definition) is 3. The van der Waals surface area contributed by atoms with Crippen molar-refractivity contribution in [2.45, 2.75) is 82.8 Å². The highest BCUT2D eigenvalue weighted by Crippen LogP contribution is 2.45. The highest BCUT2D eigenvalue weighted by Gasteiger charge is 2.32. The molecule has 0 aliphatic heterocycles. The number of carbonyl (C=O) groups is 1. The Morgan fingerprint density at radius 1 is 1.15 bits per heavy atom. The van der Waals surface area contributed by atoms with Gasteiger partial charge in [0.1, 0.15) is 0 Å². The molecule has 1 heterocycles. The number of aliphatic carboxylic acids is 1. The predicted octanol–water partition coefficient (Wildman–Crippen LogP) is 6.28. The van der Waals surface area contributed by atoms with Crippen molar-refractivity contribution >= 4 is 28.5 Å². The third-order valence-corrected chi connectivity index (χ3v) is 8.29. The lowest BCUT2D eigenvalue weighted by Crippen LogP contribution is -2.28. The molecule has 1 aromatic heterocycles. The standard InChI is InChI=1S/C33H44N5O3/c1-2-3-10-27(39)11-6-12-28-25(15-14-24-17-22-8-4-5-9-23(22)18-29(24)28)19-30(38-31-13-7-16-36-31)26(20-32(40)41)21-37-33(34)35/h4-5,7-9,13,16-18,20,25,27-28,30,36,39H,2-3,6,10-12,14-15,19,21H2,1H3,(H,40,41)(H4,34,35,37)/q-1. The number of carboxylic acids is 1. The molecular formula is C33H44N5O3-. The summed E-state index contributed by atoms with van der Waals surface area (Å²) >= 11 is 0. The number of hydrogen-bond donors (Lipinski definition) is 5. The Labute approximate surface area is 242 Å². The van der Waals surface area contributed by atoms with Gasteiger partial charge in [0.25, 0.3) is 0 Å². The maximum absolute atomic E-state index is 11.8. The molecule has 7 N–H and O–H groups in total. The molecule has 1 aliphatic carbocycles. The van der Waals surface area contributed by atoms with Crippen molar-refractivity contribution in [1.29, 1.82) is 0 Å². The topological polar surface area (TPSA) is 152 Å². The van der Waals surface area contributed by atoms with Crippen LogP contribution in [0.1, 0.15) is 75.3 Å². The molecule has 4 rings (SSSR count). The second kappa shape index (κ2) is 14.7. The van der Waals surface area contributed by atoms with E-state index in [1.165, 1.54) is 28.0 Å². The van der Waals surface area contributed by atoms with Gasteiger partial charge in [0, 0.05) is 6.08 Å². The molecule has 4 atom stereocenters. The van der Waals surface area contributed by atoms with Crippen LogP contribution in [0.4, 0.5) is 5.82 Å². The fraction of sp³-hybridized carbons (Fsp3) is 0.455. The number of aromatic nitrogens is 1. The normalized spacial score (nSPS) is 18.4. The van der Waals surface area contributed by atoms with Crippen molar-refractivity contribution in [3.05, 3.63) is 82.8 Å². The molecule has 8 nitrogen and oxygen atoms in total. The molecule has 0 saturated heterocycles. The summed E-state index contributed by atoms with van der Waals surface area (Å²) in [4.78, 5) is 19.1. The number of carboxylic acid groups (broad SMARTS) is 1. The average molecular weight is 559 g/mol. The molecule has 4 unspecified atom stereocenters. The molecule has 8 heteroatoms. The minimum absolute atomic E-state index is 0.0751. The lowest BCUT2D eigenvalue weighted by atomic mass is 9.69. The Balaban J connectivity index is 1.65. The van der Waals surface area contributed by atoms with Gasteiger partial charge in [-0.1, -0.05) is 86.7 Å². The van der Waals surface area contributed by atoms with Crippen LogP contribution in [0, 0.1) is 5.92 Å². The Morgan fingerprint density at radius 2 is 1.90 bits per heavy atom. The largest absolute Gasteiger partial charge is 0.478 e. The van der Waals surface area contributed by atoms with E-state index in [4.69, 9.17) is 16.8 Å². The van der Waals surface area contributed by atoms with E-state index in [2.05, 4.69) is 53.3 Å². The predicted molar refractivity (Wildman–Crippen MR) is 166 cm³/mol. The molecule has 41 heavy (non-hydrogen) atoms. The summed E-state index contributed by atoms with van der Waals surface area (Å²) in [7, 11) is 0. The van der Waals surface area contributed by atoms with Crippen molar-refractivity contribution in [2.24, 2.45) is 22.4 Å². The Morgan fingerprint density at radius 3 is 2.59 bits per heavy atom. The number of aliphatic imine (C=N–C) groups is 1. The van der Waals surface area contributed by atoms with E-state index in [0.29, 0.717) is 17.8 Å². The Bertz CT molecular complexity index is 1330. The van der Waals surface area contributed by atoms with Gasteiger partial charge < -0.3 is 32.0 Å². The number of nitrogens with one attached hydrogen (secondary N) is 1. The molecule has 1 aliphatic rings. The van der Waals surface area contributed by atoms with Crippen molar-refractivity contribution in [3.8, 4) is 0 Å². The van der Waals surface area contributed by atoms with Crippen LogP contribution >= 0.6 is 0 Å². The first-order chi connectivity index (χ1) is 19.8. The number of rotatable bonds is 15. The van der Waals surface area contributed by atoms with Gasteiger partial charge in [-0.05, 0) is 83.9 Å². The highest BCUT2D eigenvalue weighted by molar-refractivity contribution is 5.84. The number of aliphatic hydroxyl groups excluding tert-OH is 1. The van der Waals surface area contributed by atoms with Crippen LogP contribution in [0.3, 0.4) is 0 Å². The van der Waals surface area contributed by atoms with E-state index in [1.807, 2.05) is 12.1 Å². The summed E-state index contributed by atoms with van der Waals surface area (Å²) in [6.07, 6.45) is 11.0. The third kappa shape index (κ3) is 8.60. The molecule has 220 valence electrons. The van der Waals surface area contributed by atoms with Crippen LogP contribution in [0.5, 0.6) is 0 Å². The zero-order chi connectivity index (χ0) is 29.2. The number of aromatic amines is 1. The lowest BCUT2D eigenvalue weighted by Gasteiger charge is -2.39. The van der Waals surface area contributed by atoms with Gasteiger partial charge in [0.2, 0.25) is 0 Å². The summed E-state index contributed by atoms with van der Waals surface area (Å²) in [5, 5.41) is 27.7. The van der Waals surface area contributed by atoms with Gasteiger partial charge in [-0.3, -0.25) is 0 Å².